The zero-order valence-corrected chi connectivity index (χ0v) is 18.4. The number of rotatable bonds is 7. The highest BCUT2D eigenvalue weighted by atomic mass is 32.1. The standard InChI is InChI=1S/C24H23N3O4S/c1-2-31-20-7-4-3-6-19(20)27-15-16(14-22(27)28)23(29)25-17-9-11-18(12-10-17)26-24(30)21-8-5-13-32-21/h3-13,16H,2,14-15H2,1H3,(H,25,29)(H,26,30). The van der Waals surface area contributed by atoms with Gasteiger partial charge in [0.2, 0.25) is 11.8 Å². The molecule has 1 saturated heterocycles. The van der Waals surface area contributed by atoms with Crippen molar-refractivity contribution in [2.24, 2.45) is 5.92 Å². The van der Waals surface area contributed by atoms with E-state index in [1.165, 1.54) is 11.3 Å². The molecule has 0 bridgehead atoms. The van der Waals surface area contributed by atoms with Crippen molar-refractivity contribution < 1.29 is 19.1 Å². The fraction of sp³-hybridized carbons (Fsp3) is 0.208. The van der Waals surface area contributed by atoms with E-state index in [0.717, 1.165) is 0 Å². The number of hydrogen-bond acceptors (Lipinski definition) is 5. The Morgan fingerprint density at radius 2 is 1.75 bits per heavy atom. The molecule has 1 aliphatic heterocycles. The van der Waals surface area contributed by atoms with Gasteiger partial charge in [0.1, 0.15) is 5.75 Å². The lowest BCUT2D eigenvalue weighted by Gasteiger charge is -2.20. The summed E-state index contributed by atoms with van der Waals surface area (Å²) in [6.45, 7) is 2.67. The summed E-state index contributed by atoms with van der Waals surface area (Å²) < 4.78 is 5.63. The molecule has 2 aromatic carbocycles. The van der Waals surface area contributed by atoms with E-state index in [4.69, 9.17) is 4.74 Å². The third-order valence-electron chi connectivity index (χ3n) is 5.11. The maximum absolute atomic E-state index is 12.8. The Morgan fingerprint density at radius 1 is 1.03 bits per heavy atom. The lowest BCUT2D eigenvalue weighted by atomic mass is 10.1. The van der Waals surface area contributed by atoms with Crippen molar-refractivity contribution in [3.05, 3.63) is 70.9 Å². The van der Waals surface area contributed by atoms with Gasteiger partial charge in [0.15, 0.2) is 0 Å². The van der Waals surface area contributed by atoms with Crippen LogP contribution in [-0.2, 0) is 9.59 Å². The Bertz CT molecular complexity index is 1110. The van der Waals surface area contributed by atoms with Crippen molar-refractivity contribution in [1.29, 1.82) is 0 Å². The van der Waals surface area contributed by atoms with Crippen LogP contribution < -0.4 is 20.3 Å². The molecule has 164 valence electrons. The highest BCUT2D eigenvalue weighted by molar-refractivity contribution is 7.12. The maximum atomic E-state index is 12.8. The molecule has 1 atom stereocenters. The monoisotopic (exact) mass is 449 g/mol. The number of benzene rings is 2. The third-order valence-corrected chi connectivity index (χ3v) is 5.98. The van der Waals surface area contributed by atoms with Gasteiger partial charge in [-0.05, 0) is 54.8 Å². The Kier molecular flexibility index (Phi) is 6.51. The van der Waals surface area contributed by atoms with Crippen molar-refractivity contribution in [2.45, 2.75) is 13.3 Å². The number of thiophene rings is 1. The van der Waals surface area contributed by atoms with Crippen LogP contribution in [0.3, 0.4) is 0 Å². The SMILES string of the molecule is CCOc1ccccc1N1CC(C(=O)Nc2ccc(NC(=O)c3cccs3)cc2)CC1=O. The minimum atomic E-state index is -0.463. The van der Waals surface area contributed by atoms with Crippen LogP contribution in [0.25, 0.3) is 0 Å². The molecule has 8 heteroatoms. The number of anilines is 3. The van der Waals surface area contributed by atoms with Crippen LogP contribution in [0.5, 0.6) is 5.75 Å². The molecule has 32 heavy (non-hydrogen) atoms. The zero-order chi connectivity index (χ0) is 22.5. The first-order valence-corrected chi connectivity index (χ1v) is 11.2. The topological polar surface area (TPSA) is 87.7 Å². The van der Waals surface area contributed by atoms with Crippen LogP contribution in [0.2, 0.25) is 0 Å². The molecule has 1 fully saturated rings. The average Bonchev–Trinajstić information content (AvgIpc) is 3.46. The Balaban J connectivity index is 1.37. The van der Waals surface area contributed by atoms with Gasteiger partial charge < -0.3 is 20.3 Å². The average molecular weight is 450 g/mol. The van der Waals surface area contributed by atoms with Gasteiger partial charge in [-0.25, -0.2) is 0 Å². The van der Waals surface area contributed by atoms with Gasteiger partial charge in [0.25, 0.3) is 5.91 Å². The van der Waals surface area contributed by atoms with Crippen LogP contribution in [0.4, 0.5) is 17.1 Å². The Hall–Kier alpha value is -3.65. The third kappa shape index (κ3) is 4.81. The Morgan fingerprint density at radius 3 is 2.44 bits per heavy atom. The smallest absolute Gasteiger partial charge is 0.265 e. The van der Waals surface area contributed by atoms with Crippen LogP contribution in [0, 0.1) is 5.92 Å². The largest absolute Gasteiger partial charge is 0.492 e. The number of carbonyl (C=O) groups excluding carboxylic acids is 3. The lowest BCUT2D eigenvalue weighted by molar-refractivity contribution is -0.122. The second-order valence-corrected chi connectivity index (χ2v) is 8.25. The molecule has 4 rings (SSSR count). The van der Waals surface area contributed by atoms with E-state index in [1.54, 1.807) is 35.2 Å². The minimum Gasteiger partial charge on any atom is -0.492 e. The van der Waals surface area contributed by atoms with Crippen molar-refractivity contribution in [2.75, 3.05) is 28.7 Å². The number of carbonyl (C=O) groups is 3. The summed E-state index contributed by atoms with van der Waals surface area (Å²) in [6.07, 6.45) is 0.140. The summed E-state index contributed by atoms with van der Waals surface area (Å²) in [5, 5.41) is 7.53. The van der Waals surface area contributed by atoms with Gasteiger partial charge in [-0.2, -0.15) is 0 Å². The lowest BCUT2D eigenvalue weighted by Crippen LogP contribution is -2.28. The minimum absolute atomic E-state index is 0.107. The van der Waals surface area contributed by atoms with Gasteiger partial charge in [-0.1, -0.05) is 18.2 Å². The Labute approximate surface area is 190 Å². The predicted molar refractivity (Wildman–Crippen MR) is 125 cm³/mol. The van der Waals surface area contributed by atoms with Crippen molar-refractivity contribution in [3.63, 3.8) is 0 Å². The first-order valence-electron chi connectivity index (χ1n) is 10.3. The number of hydrogen-bond donors (Lipinski definition) is 2. The van der Waals surface area contributed by atoms with Crippen molar-refractivity contribution >= 4 is 46.1 Å². The van der Waals surface area contributed by atoms with Crippen LogP contribution in [0.1, 0.15) is 23.0 Å². The highest BCUT2D eigenvalue weighted by Gasteiger charge is 2.36. The molecule has 1 unspecified atom stereocenters. The van der Waals surface area contributed by atoms with E-state index in [2.05, 4.69) is 10.6 Å². The van der Waals surface area contributed by atoms with E-state index in [-0.39, 0.29) is 24.1 Å². The zero-order valence-electron chi connectivity index (χ0n) is 17.5. The summed E-state index contributed by atoms with van der Waals surface area (Å²) in [5.41, 5.74) is 1.92. The van der Waals surface area contributed by atoms with Gasteiger partial charge >= 0.3 is 0 Å². The van der Waals surface area contributed by atoms with E-state index in [1.807, 2.05) is 42.6 Å². The molecule has 2 heterocycles. The first-order chi connectivity index (χ1) is 15.5. The molecule has 3 amide bonds. The number of amides is 3. The van der Waals surface area contributed by atoms with Gasteiger partial charge in [-0.15, -0.1) is 11.3 Å². The molecule has 1 aliphatic rings. The molecule has 2 N–H and O–H groups in total. The number of ether oxygens (including phenoxy) is 1. The molecule has 3 aromatic rings. The van der Waals surface area contributed by atoms with Crippen LogP contribution in [0.15, 0.2) is 66.0 Å². The van der Waals surface area contributed by atoms with E-state index in [9.17, 15) is 14.4 Å². The maximum Gasteiger partial charge on any atom is 0.265 e. The second-order valence-electron chi connectivity index (χ2n) is 7.30. The highest BCUT2D eigenvalue weighted by Crippen LogP contribution is 2.33. The van der Waals surface area contributed by atoms with E-state index >= 15 is 0 Å². The molecular formula is C24H23N3O4S. The van der Waals surface area contributed by atoms with Gasteiger partial charge in [-0.3, -0.25) is 14.4 Å². The summed E-state index contributed by atoms with van der Waals surface area (Å²) >= 11 is 1.37. The number of nitrogens with one attached hydrogen (secondary N) is 2. The number of para-hydroxylation sites is 2. The van der Waals surface area contributed by atoms with E-state index in [0.29, 0.717) is 40.8 Å². The van der Waals surface area contributed by atoms with Gasteiger partial charge in [0, 0.05) is 24.3 Å². The summed E-state index contributed by atoms with van der Waals surface area (Å²) in [4.78, 5) is 39.7. The molecule has 0 aliphatic carbocycles. The quantitative estimate of drug-likeness (QED) is 0.560. The fourth-order valence-electron chi connectivity index (χ4n) is 3.56. The van der Waals surface area contributed by atoms with Gasteiger partial charge in [0.05, 0.1) is 23.1 Å². The molecule has 0 radical (unpaired) electrons. The summed E-state index contributed by atoms with van der Waals surface area (Å²) in [6, 6.07) is 17.8. The van der Waals surface area contributed by atoms with Crippen LogP contribution >= 0.6 is 11.3 Å². The normalized spacial score (nSPS) is 15.5. The van der Waals surface area contributed by atoms with Crippen molar-refractivity contribution in [1.82, 2.24) is 0 Å². The molecular weight excluding hydrogens is 426 g/mol. The molecule has 7 nitrogen and oxygen atoms in total. The van der Waals surface area contributed by atoms with Crippen LogP contribution in [-0.4, -0.2) is 30.9 Å². The number of nitrogens with zero attached hydrogens (tertiary/aromatic N) is 1. The molecule has 1 aromatic heterocycles. The molecule has 0 saturated carbocycles. The summed E-state index contributed by atoms with van der Waals surface area (Å²) in [7, 11) is 0. The van der Waals surface area contributed by atoms with E-state index < -0.39 is 5.92 Å². The fourth-order valence-corrected chi connectivity index (χ4v) is 4.17. The first kappa shape index (κ1) is 21.6. The van der Waals surface area contributed by atoms with Crippen molar-refractivity contribution in [3.8, 4) is 5.75 Å². The predicted octanol–water partition coefficient (Wildman–Crippen LogP) is 4.39. The summed E-state index contributed by atoms with van der Waals surface area (Å²) in [5.74, 6) is -0.331. The molecule has 0 spiro atoms. The second kappa shape index (κ2) is 9.65.